The van der Waals surface area contributed by atoms with Crippen molar-refractivity contribution in [3.8, 4) is 11.5 Å². The molecule has 2 aromatic carbocycles. The van der Waals surface area contributed by atoms with E-state index in [4.69, 9.17) is 9.47 Å². The van der Waals surface area contributed by atoms with Gasteiger partial charge in [0, 0.05) is 17.0 Å². The van der Waals surface area contributed by atoms with Crippen LogP contribution in [0.5, 0.6) is 11.5 Å². The summed E-state index contributed by atoms with van der Waals surface area (Å²) >= 11 is 0. The van der Waals surface area contributed by atoms with Gasteiger partial charge in [-0.3, -0.25) is 4.79 Å². The first-order chi connectivity index (χ1) is 11.0. The Labute approximate surface area is 135 Å². The monoisotopic (exact) mass is 309 g/mol. The molecule has 0 saturated carbocycles. The molecule has 23 heavy (non-hydrogen) atoms. The molecule has 0 spiro atoms. The topological polar surface area (TPSA) is 51.3 Å². The van der Waals surface area contributed by atoms with Gasteiger partial charge in [-0.25, -0.2) is 0 Å². The number of fused-ring (bicyclic) bond motifs is 1. The van der Waals surface area contributed by atoms with Crippen LogP contribution in [0.4, 0.5) is 0 Å². The third kappa shape index (κ3) is 2.57. The lowest BCUT2D eigenvalue weighted by molar-refractivity contribution is 0.103. The molecule has 1 N–H and O–H groups in total. The van der Waals surface area contributed by atoms with Crippen LogP contribution in [0.1, 0.15) is 27.2 Å². The minimum Gasteiger partial charge on any atom is -0.493 e. The van der Waals surface area contributed by atoms with Crippen molar-refractivity contribution in [2.75, 3.05) is 14.2 Å². The van der Waals surface area contributed by atoms with Gasteiger partial charge in [-0.05, 0) is 31.5 Å². The quantitative estimate of drug-likeness (QED) is 0.740. The first kappa shape index (κ1) is 15.2. The van der Waals surface area contributed by atoms with Crippen LogP contribution in [0.3, 0.4) is 0 Å². The molecule has 3 aromatic rings. The second kappa shape index (κ2) is 5.80. The molecule has 0 radical (unpaired) electrons. The number of ketones is 1. The van der Waals surface area contributed by atoms with E-state index in [1.54, 1.807) is 14.2 Å². The zero-order valence-corrected chi connectivity index (χ0v) is 13.7. The Bertz CT molecular complexity index is 893. The summed E-state index contributed by atoms with van der Waals surface area (Å²) in [5.41, 5.74) is 4.11. The van der Waals surface area contributed by atoms with E-state index in [9.17, 15) is 4.79 Å². The van der Waals surface area contributed by atoms with E-state index in [0.717, 1.165) is 22.0 Å². The van der Waals surface area contributed by atoms with Gasteiger partial charge in [-0.15, -0.1) is 0 Å². The lowest BCUT2D eigenvalue weighted by Crippen LogP contribution is -2.03. The van der Waals surface area contributed by atoms with Crippen LogP contribution >= 0.6 is 0 Å². The SMILES string of the molecule is COc1cc2[nH]c(C(=O)c3cccc(C)c3)c(C)c2cc1OC. The number of hydrogen-bond acceptors (Lipinski definition) is 3. The van der Waals surface area contributed by atoms with Crippen molar-refractivity contribution >= 4 is 16.7 Å². The number of benzene rings is 2. The number of methoxy groups -OCH3 is 2. The van der Waals surface area contributed by atoms with Crippen LogP contribution in [0.25, 0.3) is 10.9 Å². The van der Waals surface area contributed by atoms with Crippen LogP contribution < -0.4 is 9.47 Å². The zero-order valence-electron chi connectivity index (χ0n) is 13.7. The number of H-pyrrole nitrogens is 1. The Kier molecular flexibility index (Phi) is 3.82. The summed E-state index contributed by atoms with van der Waals surface area (Å²) in [7, 11) is 3.20. The molecule has 0 aliphatic heterocycles. The maximum Gasteiger partial charge on any atom is 0.209 e. The van der Waals surface area contributed by atoms with Crippen LogP contribution in [0, 0.1) is 13.8 Å². The Balaban J connectivity index is 2.15. The first-order valence-electron chi connectivity index (χ1n) is 7.40. The van der Waals surface area contributed by atoms with Crippen molar-refractivity contribution in [1.82, 2.24) is 4.98 Å². The maximum atomic E-state index is 12.8. The average molecular weight is 309 g/mol. The summed E-state index contributed by atoms with van der Waals surface area (Å²) in [5.74, 6) is 1.27. The van der Waals surface area contributed by atoms with Gasteiger partial charge in [0.15, 0.2) is 11.5 Å². The van der Waals surface area contributed by atoms with Gasteiger partial charge >= 0.3 is 0 Å². The third-order valence-electron chi connectivity index (χ3n) is 4.07. The maximum absolute atomic E-state index is 12.8. The molecule has 0 amide bonds. The lowest BCUT2D eigenvalue weighted by Gasteiger charge is -2.07. The molecule has 3 rings (SSSR count). The number of nitrogens with one attached hydrogen (secondary N) is 1. The molecular weight excluding hydrogens is 290 g/mol. The number of aryl methyl sites for hydroxylation is 2. The summed E-state index contributed by atoms with van der Waals surface area (Å²) in [6, 6.07) is 11.4. The number of aromatic nitrogens is 1. The van der Waals surface area contributed by atoms with Crippen molar-refractivity contribution in [2.45, 2.75) is 13.8 Å². The van der Waals surface area contributed by atoms with Crippen molar-refractivity contribution in [3.63, 3.8) is 0 Å². The Morgan fingerprint density at radius 2 is 1.70 bits per heavy atom. The summed E-state index contributed by atoms with van der Waals surface area (Å²) in [6.07, 6.45) is 0. The molecule has 0 bridgehead atoms. The van der Waals surface area contributed by atoms with E-state index < -0.39 is 0 Å². The Hall–Kier alpha value is -2.75. The molecule has 0 fully saturated rings. The molecule has 4 nitrogen and oxygen atoms in total. The number of aromatic amines is 1. The second-order valence-corrected chi connectivity index (χ2v) is 5.58. The van der Waals surface area contributed by atoms with E-state index in [1.807, 2.05) is 50.2 Å². The van der Waals surface area contributed by atoms with E-state index in [-0.39, 0.29) is 5.78 Å². The van der Waals surface area contributed by atoms with Crippen molar-refractivity contribution in [1.29, 1.82) is 0 Å². The Morgan fingerprint density at radius 3 is 2.35 bits per heavy atom. The summed E-state index contributed by atoms with van der Waals surface area (Å²) < 4.78 is 10.7. The summed E-state index contributed by atoms with van der Waals surface area (Å²) in [6.45, 7) is 3.92. The number of rotatable bonds is 4. The first-order valence-corrected chi connectivity index (χ1v) is 7.40. The van der Waals surface area contributed by atoms with E-state index in [2.05, 4.69) is 4.98 Å². The lowest BCUT2D eigenvalue weighted by atomic mass is 10.0. The minimum atomic E-state index is -0.0136. The van der Waals surface area contributed by atoms with E-state index in [0.29, 0.717) is 22.8 Å². The Morgan fingerprint density at radius 1 is 1.00 bits per heavy atom. The molecule has 1 aromatic heterocycles. The second-order valence-electron chi connectivity index (χ2n) is 5.58. The molecule has 0 aliphatic rings. The minimum absolute atomic E-state index is 0.0136. The fourth-order valence-corrected chi connectivity index (χ4v) is 2.81. The zero-order chi connectivity index (χ0) is 16.6. The van der Waals surface area contributed by atoms with Crippen molar-refractivity contribution < 1.29 is 14.3 Å². The van der Waals surface area contributed by atoms with Crippen LogP contribution in [0.2, 0.25) is 0 Å². The molecule has 4 heteroatoms. The van der Waals surface area contributed by atoms with Gasteiger partial charge in [-0.1, -0.05) is 23.8 Å². The normalized spacial score (nSPS) is 10.8. The number of carbonyl (C=O) groups excluding carboxylic acids is 1. The van der Waals surface area contributed by atoms with Gasteiger partial charge in [0.1, 0.15) is 0 Å². The van der Waals surface area contributed by atoms with Gasteiger partial charge < -0.3 is 14.5 Å². The predicted molar refractivity (Wildman–Crippen MR) is 90.8 cm³/mol. The number of hydrogen-bond donors (Lipinski definition) is 1. The fraction of sp³-hybridized carbons (Fsp3) is 0.211. The van der Waals surface area contributed by atoms with E-state index in [1.165, 1.54) is 0 Å². The van der Waals surface area contributed by atoms with Crippen LogP contribution in [-0.4, -0.2) is 25.0 Å². The molecule has 0 aliphatic carbocycles. The van der Waals surface area contributed by atoms with Crippen molar-refractivity contribution in [3.05, 3.63) is 58.8 Å². The molecular formula is C19H19NO3. The van der Waals surface area contributed by atoms with Gasteiger partial charge in [-0.2, -0.15) is 0 Å². The van der Waals surface area contributed by atoms with Crippen LogP contribution in [0.15, 0.2) is 36.4 Å². The average Bonchev–Trinajstić information content (AvgIpc) is 2.89. The fourth-order valence-electron chi connectivity index (χ4n) is 2.81. The third-order valence-corrected chi connectivity index (χ3v) is 4.07. The highest BCUT2D eigenvalue weighted by Gasteiger charge is 2.18. The highest BCUT2D eigenvalue weighted by molar-refractivity contribution is 6.12. The van der Waals surface area contributed by atoms with Crippen molar-refractivity contribution in [2.24, 2.45) is 0 Å². The van der Waals surface area contributed by atoms with Crippen LogP contribution in [-0.2, 0) is 0 Å². The molecule has 0 saturated heterocycles. The largest absolute Gasteiger partial charge is 0.493 e. The van der Waals surface area contributed by atoms with E-state index >= 15 is 0 Å². The smallest absolute Gasteiger partial charge is 0.209 e. The molecule has 0 atom stereocenters. The molecule has 118 valence electrons. The summed E-state index contributed by atoms with van der Waals surface area (Å²) in [5, 5.41) is 0.957. The highest BCUT2D eigenvalue weighted by Crippen LogP contribution is 2.34. The summed E-state index contributed by atoms with van der Waals surface area (Å²) in [4.78, 5) is 16.0. The standard InChI is InChI=1S/C19H19NO3/c1-11-6-5-7-13(8-11)19(21)18-12(2)14-9-16(22-3)17(23-4)10-15(14)20-18/h5-10,20H,1-4H3. The predicted octanol–water partition coefficient (Wildman–Crippen LogP) is 4.03. The molecule has 1 heterocycles. The molecule has 0 unspecified atom stereocenters. The van der Waals surface area contributed by atoms with Gasteiger partial charge in [0.2, 0.25) is 5.78 Å². The number of carbonyl (C=O) groups is 1. The number of ether oxygens (including phenoxy) is 2. The van der Waals surface area contributed by atoms with Gasteiger partial charge in [0.25, 0.3) is 0 Å². The van der Waals surface area contributed by atoms with Gasteiger partial charge in [0.05, 0.1) is 25.4 Å². The highest BCUT2D eigenvalue weighted by atomic mass is 16.5.